The number of nitrogens with zero attached hydrogens (tertiary/aromatic N) is 4. The monoisotopic (exact) mass is 459 g/mol. The van der Waals surface area contributed by atoms with Crippen LogP contribution in [0.15, 0.2) is 83.5 Å². The standard InChI is InChI=1S/C26H26FN5O2/c27-20-8-10-21(11-9-20)31-16-14-30(15-17-31)13-12-28-26(33)23-19-24(25-7-4-18-34-25)32(29-23)22-5-2-1-3-6-22/h1-11,18-19H,12-17H2,(H,28,33). The van der Waals surface area contributed by atoms with Crippen LogP contribution in [0.1, 0.15) is 10.5 Å². The molecule has 1 fully saturated rings. The maximum absolute atomic E-state index is 13.2. The van der Waals surface area contributed by atoms with Crippen molar-refractivity contribution in [3.05, 3.63) is 90.6 Å². The number of halogens is 1. The van der Waals surface area contributed by atoms with Crippen LogP contribution in [0.4, 0.5) is 10.1 Å². The van der Waals surface area contributed by atoms with Gasteiger partial charge in [-0.25, -0.2) is 9.07 Å². The third-order valence-corrected chi connectivity index (χ3v) is 5.99. The van der Waals surface area contributed by atoms with Gasteiger partial charge >= 0.3 is 0 Å². The Morgan fingerprint density at radius 2 is 1.71 bits per heavy atom. The highest BCUT2D eigenvalue weighted by Gasteiger charge is 2.20. The lowest BCUT2D eigenvalue weighted by Crippen LogP contribution is -2.48. The first-order valence-corrected chi connectivity index (χ1v) is 11.4. The molecule has 4 aromatic rings. The van der Waals surface area contributed by atoms with Crippen molar-refractivity contribution in [3.8, 4) is 17.1 Å². The number of benzene rings is 2. The molecular formula is C26H26FN5O2. The number of furan rings is 1. The molecule has 0 aliphatic carbocycles. The van der Waals surface area contributed by atoms with Crippen molar-refractivity contribution in [2.24, 2.45) is 0 Å². The van der Waals surface area contributed by atoms with E-state index in [1.807, 2.05) is 54.6 Å². The van der Waals surface area contributed by atoms with Crippen molar-refractivity contribution in [1.82, 2.24) is 20.0 Å². The van der Waals surface area contributed by atoms with Gasteiger partial charge in [-0.05, 0) is 48.5 Å². The fraction of sp³-hybridized carbons (Fsp3) is 0.231. The number of anilines is 1. The maximum atomic E-state index is 13.2. The minimum atomic E-state index is -0.219. The molecule has 34 heavy (non-hydrogen) atoms. The SMILES string of the molecule is O=C(NCCN1CCN(c2ccc(F)cc2)CC1)c1cc(-c2ccco2)n(-c2ccccc2)n1. The highest BCUT2D eigenvalue weighted by Crippen LogP contribution is 2.24. The summed E-state index contributed by atoms with van der Waals surface area (Å²) in [6.45, 7) is 4.80. The molecule has 3 heterocycles. The summed E-state index contributed by atoms with van der Waals surface area (Å²) in [5.41, 5.74) is 2.96. The topological polar surface area (TPSA) is 66.5 Å². The van der Waals surface area contributed by atoms with Crippen LogP contribution in [0.2, 0.25) is 0 Å². The summed E-state index contributed by atoms with van der Waals surface area (Å²) < 4.78 is 20.4. The van der Waals surface area contributed by atoms with Crippen LogP contribution in [0.5, 0.6) is 0 Å². The predicted octanol–water partition coefficient (Wildman–Crippen LogP) is 3.82. The predicted molar refractivity (Wildman–Crippen MR) is 129 cm³/mol. The van der Waals surface area contributed by atoms with E-state index in [4.69, 9.17) is 4.42 Å². The Bertz CT molecular complexity index is 1210. The zero-order valence-corrected chi connectivity index (χ0v) is 18.7. The van der Waals surface area contributed by atoms with E-state index >= 15 is 0 Å². The minimum absolute atomic E-state index is 0.215. The summed E-state index contributed by atoms with van der Waals surface area (Å²) in [4.78, 5) is 17.4. The highest BCUT2D eigenvalue weighted by atomic mass is 19.1. The molecule has 0 atom stereocenters. The second-order valence-electron chi connectivity index (χ2n) is 8.20. The van der Waals surface area contributed by atoms with Gasteiger partial charge in [-0.3, -0.25) is 9.69 Å². The van der Waals surface area contributed by atoms with Crippen LogP contribution >= 0.6 is 0 Å². The van der Waals surface area contributed by atoms with Crippen LogP contribution in [0.25, 0.3) is 17.1 Å². The number of para-hydroxylation sites is 1. The fourth-order valence-electron chi connectivity index (χ4n) is 4.16. The molecule has 0 unspecified atom stereocenters. The van der Waals surface area contributed by atoms with Crippen LogP contribution in [0.3, 0.4) is 0 Å². The fourth-order valence-corrected chi connectivity index (χ4v) is 4.16. The molecule has 1 aliphatic heterocycles. The maximum Gasteiger partial charge on any atom is 0.271 e. The Morgan fingerprint density at radius 1 is 0.941 bits per heavy atom. The number of piperazine rings is 1. The van der Waals surface area contributed by atoms with Crippen molar-refractivity contribution >= 4 is 11.6 Å². The number of aromatic nitrogens is 2. The number of hydrogen-bond donors (Lipinski definition) is 1. The van der Waals surface area contributed by atoms with Crippen molar-refractivity contribution in [2.45, 2.75) is 0 Å². The molecule has 0 spiro atoms. The number of carbonyl (C=O) groups excluding carboxylic acids is 1. The molecule has 1 aliphatic rings. The van der Waals surface area contributed by atoms with Gasteiger partial charge in [-0.1, -0.05) is 18.2 Å². The lowest BCUT2D eigenvalue weighted by Gasteiger charge is -2.36. The largest absolute Gasteiger partial charge is 0.463 e. The van der Waals surface area contributed by atoms with Crippen LogP contribution < -0.4 is 10.2 Å². The van der Waals surface area contributed by atoms with E-state index in [0.29, 0.717) is 18.0 Å². The smallest absolute Gasteiger partial charge is 0.271 e. The summed E-state index contributed by atoms with van der Waals surface area (Å²) >= 11 is 0. The van der Waals surface area contributed by atoms with Gasteiger partial charge in [0.2, 0.25) is 0 Å². The van der Waals surface area contributed by atoms with Gasteiger partial charge in [0.15, 0.2) is 11.5 Å². The molecule has 0 bridgehead atoms. The summed E-state index contributed by atoms with van der Waals surface area (Å²) in [6, 6.07) is 21.7. The lowest BCUT2D eigenvalue weighted by molar-refractivity contribution is 0.0942. The van der Waals surface area contributed by atoms with E-state index in [2.05, 4.69) is 20.2 Å². The van der Waals surface area contributed by atoms with Crippen molar-refractivity contribution < 1.29 is 13.6 Å². The number of rotatable bonds is 7. The molecule has 1 saturated heterocycles. The average molecular weight is 460 g/mol. The second-order valence-corrected chi connectivity index (χ2v) is 8.20. The van der Waals surface area contributed by atoms with Crippen LogP contribution in [-0.2, 0) is 0 Å². The Balaban J connectivity index is 1.17. The Hall–Kier alpha value is -3.91. The molecule has 1 N–H and O–H groups in total. The first-order valence-electron chi connectivity index (χ1n) is 11.4. The molecule has 2 aromatic heterocycles. The Labute approximate surface area is 197 Å². The number of nitrogens with one attached hydrogen (secondary N) is 1. The van der Waals surface area contributed by atoms with Crippen LogP contribution in [-0.4, -0.2) is 59.9 Å². The second kappa shape index (κ2) is 9.93. The molecule has 0 radical (unpaired) electrons. The van der Waals surface area contributed by atoms with E-state index in [-0.39, 0.29) is 11.7 Å². The summed E-state index contributed by atoms with van der Waals surface area (Å²) in [7, 11) is 0. The van der Waals surface area contributed by atoms with E-state index in [9.17, 15) is 9.18 Å². The Morgan fingerprint density at radius 3 is 2.41 bits per heavy atom. The summed E-state index contributed by atoms with van der Waals surface area (Å²) in [6.07, 6.45) is 1.60. The average Bonchev–Trinajstić information content (AvgIpc) is 3.56. The van der Waals surface area contributed by atoms with Gasteiger partial charge in [0.1, 0.15) is 11.5 Å². The molecule has 5 rings (SSSR count). The van der Waals surface area contributed by atoms with E-state index in [0.717, 1.165) is 49.8 Å². The number of carbonyl (C=O) groups is 1. The van der Waals surface area contributed by atoms with Crippen molar-refractivity contribution in [2.75, 3.05) is 44.2 Å². The zero-order chi connectivity index (χ0) is 23.3. The van der Waals surface area contributed by atoms with Gasteiger partial charge in [-0.2, -0.15) is 5.10 Å². The molecule has 8 heteroatoms. The first-order chi connectivity index (χ1) is 16.7. The van der Waals surface area contributed by atoms with Gasteiger partial charge in [0, 0.05) is 51.0 Å². The number of amides is 1. The molecule has 0 saturated carbocycles. The van der Waals surface area contributed by atoms with Gasteiger partial charge in [0.25, 0.3) is 5.91 Å². The lowest BCUT2D eigenvalue weighted by atomic mass is 10.2. The Kier molecular flexibility index (Phi) is 6.40. The molecule has 1 amide bonds. The minimum Gasteiger partial charge on any atom is -0.463 e. The molecule has 7 nitrogen and oxygen atoms in total. The molecular weight excluding hydrogens is 433 g/mol. The summed E-state index contributed by atoms with van der Waals surface area (Å²) in [5.74, 6) is 0.213. The van der Waals surface area contributed by atoms with Crippen molar-refractivity contribution in [1.29, 1.82) is 0 Å². The normalized spacial score (nSPS) is 14.3. The quantitative estimate of drug-likeness (QED) is 0.455. The van der Waals surface area contributed by atoms with E-state index in [1.54, 1.807) is 17.0 Å². The van der Waals surface area contributed by atoms with E-state index in [1.165, 1.54) is 12.1 Å². The van der Waals surface area contributed by atoms with Gasteiger partial charge in [0.05, 0.1) is 12.0 Å². The third-order valence-electron chi connectivity index (χ3n) is 5.99. The highest BCUT2D eigenvalue weighted by molar-refractivity contribution is 5.93. The first kappa shape index (κ1) is 21.9. The molecule has 174 valence electrons. The van der Waals surface area contributed by atoms with Gasteiger partial charge in [-0.15, -0.1) is 0 Å². The zero-order valence-electron chi connectivity index (χ0n) is 18.7. The number of hydrogen-bond acceptors (Lipinski definition) is 5. The third kappa shape index (κ3) is 4.87. The van der Waals surface area contributed by atoms with Gasteiger partial charge < -0.3 is 14.6 Å². The van der Waals surface area contributed by atoms with Crippen molar-refractivity contribution in [3.63, 3.8) is 0 Å². The summed E-state index contributed by atoms with van der Waals surface area (Å²) in [5, 5.41) is 7.54. The van der Waals surface area contributed by atoms with Crippen LogP contribution in [0, 0.1) is 5.82 Å². The van der Waals surface area contributed by atoms with E-state index < -0.39 is 0 Å². The molecule has 2 aromatic carbocycles.